The van der Waals surface area contributed by atoms with E-state index in [1.165, 1.54) is 0 Å². The summed E-state index contributed by atoms with van der Waals surface area (Å²) in [6.45, 7) is 4.74. The molecule has 3 N–H and O–H groups in total. The van der Waals surface area contributed by atoms with Gasteiger partial charge in [-0.15, -0.1) is 0 Å². The SMILES string of the molecule is CC(C)CC(CN)CC(=O)Nc1cccc(OCC#N)c1. The Hall–Kier alpha value is -2.06. The molecule has 0 saturated carbocycles. The summed E-state index contributed by atoms with van der Waals surface area (Å²) in [6.07, 6.45) is 1.35. The molecule has 21 heavy (non-hydrogen) atoms. The Morgan fingerprint density at radius 2 is 2.24 bits per heavy atom. The van der Waals surface area contributed by atoms with Crippen LogP contribution in [0.25, 0.3) is 0 Å². The summed E-state index contributed by atoms with van der Waals surface area (Å²) in [5.41, 5.74) is 6.37. The summed E-state index contributed by atoms with van der Waals surface area (Å²) < 4.78 is 5.20. The highest BCUT2D eigenvalue weighted by atomic mass is 16.5. The van der Waals surface area contributed by atoms with Crippen molar-refractivity contribution in [2.75, 3.05) is 18.5 Å². The van der Waals surface area contributed by atoms with Gasteiger partial charge in [0.05, 0.1) is 0 Å². The van der Waals surface area contributed by atoms with Gasteiger partial charge in [-0.05, 0) is 36.9 Å². The highest BCUT2D eigenvalue weighted by Gasteiger charge is 2.14. The van der Waals surface area contributed by atoms with Crippen molar-refractivity contribution < 1.29 is 9.53 Å². The predicted molar refractivity (Wildman–Crippen MR) is 82.8 cm³/mol. The van der Waals surface area contributed by atoms with Crippen molar-refractivity contribution in [2.45, 2.75) is 26.7 Å². The third kappa shape index (κ3) is 6.77. The summed E-state index contributed by atoms with van der Waals surface area (Å²) >= 11 is 0. The van der Waals surface area contributed by atoms with Crippen LogP contribution in [0.3, 0.4) is 0 Å². The van der Waals surface area contributed by atoms with Crippen LogP contribution in [0.15, 0.2) is 24.3 Å². The zero-order chi connectivity index (χ0) is 15.7. The van der Waals surface area contributed by atoms with Crippen molar-refractivity contribution in [2.24, 2.45) is 17.6 Å². The van der Waals surface area contributed by atoms with Gasteiger partial charge in [0.1, 0.15) is 11.8 Å². The van der Waals surface area contributed by atoms with E-state index >= 15 is 0 Å². The normalized spacial score (nSPS) is 11.8. The van der Waals surface area contributed by atoms with Crippen LogP contribution in [-0.4, -0.2) is 19.1 Å². The second kappa shape index (κ2) is 8.98. The highest BCUT2D eigenvalue weighted by Crippen LogP contribution is 2.19. The molecule has 5 nitrogen and oxygen atoms in total. The number of carbonyl (C=O) groups is 1. The molecule has 0 fully saturated rings. The number of anilines is 1. The zero-order valence-corrected chi connectivity index (χ0v) is 12.6. The van der Waals surface area contributed by atoms with E-state index < -0.39 is 0 Å². The molecule has 114 valence electrons. The Bertz CT molecular complexity index is 495. The number of carbonyl (C=O) groups excluding carboxylic acids is 1. The molecular formula is C16H23N3O2. The topological polar surface area (TPSA) is 88.1 Å². The minimum absolute atomic E-state index is 0.0129. The number of nitrogens with two attached hydrogens (primary N) is 1. The maximum Gasteiger partial charge on any atom is 0.224 e. The Balaban J connectivity index is 2.56. The average Bonchev–Trinajstić information content (AvgIpc) is 2.44. The van der Waals surface area contributed by atoms with Gasteiger partial charge in [0.2, 0.25) is 5.91 Å². The second-order valence-electron chi connectivity index (χ2n) is 5.46. The van der Waals surface area contributed by atoms with Gasteiger partial charge < -0.3 is 15.8 Å². The van der Waals surface area contributed by atoms with Crippen molar-refractivity contribution >= 4 is 11.6 Å². The molecule has 0 aliphatic carbocycles. The van der Waals surface area contributed by atoms with Crippen molar-refractivity contribution in [3.63, 3.8) is 0 Å². The van der Waals surface area contributed by atoms with Crippen molar-refractivity contribution in [1.82, 2.24) is 0 Å². The number of hydrogen-bond donors (Lipinski definition) is 2. The van der Waals surface area contributed by atoms with E-state index in [4.69, 9.17) is 15.7 Å². The molecule has 0 heterocycles. The van der Waals surface area contributed by atoms with Gasteiger partial charge in [-0.2, -0.15) is 5.26 Å². The molecule has 1 amide bonds. The number of ether oxygens (including phenoxy) is 1. The standard InChI is InChI=1S/C16H23N3O2/c1-12(2)8-13(11-18)9-16(20)19-14-4-3-5-15(10-14)21-7-6-17/h3-5,10,12-13H,7-9,11,18H2,1-2H3,(H,19,20). The van der Waals surface area contributed by atoms with Crippen LogP contribution in [0.5, 0.6) is 5.75 Å². The molecule has 1 aromatic rings. The smallest absolute Gasteiger partial charge is 0.224 e. The van der Waals surface area contributed by atoms with Crippen molar-refractivity contribution in [3.05, 3.63) is 24.3 Å². The number of nitriles is 1. The van der Waals surface area contributed by atoms with Crippen LogP contribution in [0.4, 0.5) is 5.69 Å². The monoisotopic (exact) mass is 289 g/mol. The third-order valence-electron chi connectivity index (χ3n) is 3.03. The Kier molecular flexibility index (Phi) is 7.27. The summed E-state index contributed by atoms with van der Waals surface area (Å²) in [6, 6.07) is 8.92. The quantitative estimate of drug-likeness (QED) is 0.769. The predicted octanol–water partition coefficient (Wildman–Crippen LogP) is 2.54. The van der Waals surface area contributed by atoms with Crippen molar-refractivity contribution in [3.8, 4) is 11.8 Å². The lowest BCUT2D eigenvalue weighted by atomic mass is 9.94. The fourth-order valence-corrected chi connectivity index (χ4v) is 2.18. The van der Waals surface area contributed by atoms with Gasteiger partial charge in [-0.25, -0.2) is 0 Å². The zero-order valence-electron chi connectivity index (χ0n) is 12.6. The minimum Gasteiger partial charge on any atom is -0.479 e. The summed E-state index contributed by atoms with van der Waals surface area (Å²) in [4.78, 5) is 12.0. The first-order chi connectivity index (χ1) is 10.0. The molecule has 0 aliphatic rings. The van der Waals surface area contributed by atoms with Crippen molar-refractivity contribution in [1.29, 1.82) is 5.26 Å². The van der Waals surface area contributed by atoms with Crippen LogP contribution >= 0.6 is 0 Å². The Morgan fingerprint density at radius 1 is 1.48 bits per heavy atom. The molecule has 5 heteroatoms. The van der Waals surface area contributed by atoms with Gasteiger partial charge in [0.25, 0.3) is 0 Å². The Labute approximate surface area is 126 Å². The lowest BCUT2D eigenvalue weighted by Crippen LogP contribution is -2.23. The fourth-order valence-electron chi connectivity index (χ4n) is 2.18. The largest absolute Gasteiger partial charge is 0.479 e. The minimum atomic E-state index is -0.0523. The van der Waals surface area contributed by atoms with E-state index in [0.29, 0.717) is 30.3 Å². The summed E-state index contributed by atoms with van der Waals surface area (Å²) in [5.74, 6) is 1.23. The summed E-state index contributed by atoms with van der Waals surface area (Å²) in [7, 11) is 0. The van der Waals surface area contributed by atoms with Gasteiger partial charge in [0, 0.05) is 18.2 Å². The van der Waals surface area contributed by atoms with Crippen LogP contribution in [0.2, 0.25) is 0 Å². The first-order valence-electron chi connectivity index (χ1n) is 7.14. The third-order valence-corrected chi connectivity index (χ3v) is 3.03. The maximum absolute atomic E-state index is 12.0. The number of hydrogen-bond acceptors (Lipinski definition) is 4. The number of benzene rings is 1. The molecule has 0 spiro atoms. The first kappa shape index (κ1) is 17.0. The lowest BCUT2D eigenvalue weighted by molar-refractivity contribution is -0.117. The van der Waals surface area contributed by atoms with Gasteiger partial charge in [0.15, 0.2) is 6.61 Å². The molecule has 1 atom stereocenters. The molecule has 1 unspecified atom stereocenters. The molecular weight excluding hydrogens is 266 g/mol. The van der Waals surface area contributed by atoms with Crippen LogP contribution in [0, 0.1) is 23.2 Å². The second-order valence-corrected chi connectivity index (χ2v) is 5.46. The van der Waals surface area contributed by atoms with E-state index in [2.05, 4.69) is 19.2 Å². The van der Waals surface area contributed by atoms with Crippen LogP contribution in [-0.2, 0) is 4.79 Å². The molecule has 0 radical (unpaired) electrons. The molecule has 0 aromatic heterocycles. The van der Waals surface area contributed by atoms with E-state index in [-0.39, 0.29) is 18.4 Å². The molecule has 0 bridgehead atoms. The van der Waals surface area contributed by atoms with Gasteiger partial charge >= 0.3 is 0 Å². The van der Waals surface area contributed by atoms with Gasteiger partial charge in [-0.3, -0.25) is 4.79 Å². The van der Waals surface area contributed by atoms with Crippen LogP contribution < -0.4 is 15.8 Å². The lowest BCUT2D eigenvalue weighted by Gasteiger charge is -2.16. The Morgan fingerprint density at radius 3 is 2.86 bits per heavy atom. The number of amides is 1. The van der Waals surface area contributed by atoms with Gasteiger partial charge in [-0.1, -0.05) is 19.9 Å². The van der Waals surface area contributed by atoms with E-state index in [1.807, 2.05) is 6.07 Å². The maximum atomic E-state index is 12.0. The number of nitrogens with one attached hydrogen (secondary N) is 1. The fraction of sp³-hybridized carbons (Fsp3) is 0.500. The molecule has 1 rings (SSSR count). The van der Waals surface area contributed by atoms with E-state index in [9.17, 15) is 4.79 Å². The molecule has 0 saturated heterocycles. The van der Waals surface area contributed by atoms with E-state index in [0.717, 1.165) is 6.42 Å². The number of nitrogens with zero attached hydrogens (tertiary/aromatic N) is 1. The average molecular weight is 289 g/mol. The highest BCUT2D eigenvalue weighted by molar-refractivity contribution is 5.91. The molecule has 1 aromatic carbocycles. The molecule has 0 aliphatic heterocycles. The van der Waals surface area contributed by atoms with Crippen LogP contribution in [0.1, 0.15) is 26.7 Å². The summed E-state index contributed by atoms with van der Waals surface area (Å²) in [5, 5.41) is 11.3. The first-order valence-corrected chi connectivity index (χ1v) is 7.14. The number of rotatable bonds is 8. The van der Waals surface area contributed by atoms with E-state index in [1.54, 1.807) is 24.3 Å².